The third-order valence-electron chi connectivity index (χ3n) is 1.94. The van der Waals surface area contributed by atoms with Crippen LogP contribution in [0.1, 0.15) is 39.5 Å². The molecule has 0 bridgehead atoms. The van der Waals surface area contributed by atoms with Gasteiger partial charge in [-0.25, -0.2) is 0 Å². The molecule has 1 nitrogen and oxygen atoms in total. The van der Waals surface area contributed by atoms with Crippen LogP contribution in [0.3, 0.4) is 0 Å². The van der Waals surface area contributed by atoms with E-state index in [1.54, 1.807) is 7.11 Å². The highest BCUT2D eigenvalue weighted by atomic mass is 16.5. The maximum Gasteiger partial charge on any atom is 0.118 e. The van der Waals surface area contributed by atoms with Crippen molar-refractivity contribution >= 4 is 0 Å². The molecule has 0 heterocycles. The summed E-state index contributed by atoms with van der Waals surface area (Å²) in [5, 5.41) is 0. The zero-order valence-electron chi connectivity index (χ0n) is 9.62. The third kappa shape index (κ3) is 7.66. The molecule has 0 aliphatic heterocycles. The molecule has 0 N–H and O–H groups in total. The number of hydrogen-bond donors (Lipinski definition) is 0. The number of methoxy groups -OCH3 is 1. The summed E-state index contributed by atoms with van der Waals surface area (Å²) in [7, 11) is 1.66. The van der Waals surface area contributed by atoms with E-state index in [1.807, 2.05) is 30.3 Å². The fraction of sp³-hybridized carbons (Fsp3) is 0.538. The van der Waals surface area contributed by atoms with Gasteiger partial charge in [0.2, 0.25) is 0 Å². The van der Waals surface area contributed by atoms with Gasteiger partial charge in [-0.3, -0.25) is 0 Å². The molecule has 0 fully saturated rings. The molecule has 0 aromatic heterocycles. The monoisotopic (exact) mass is 194 g/mol. The van der Waals surface area contributed by atoms with Crippen LogP contribution in [0, 0.1) is 0 Å². The Balaban J connectivity index is 0.000000255. The number of benzene rings is 1. The highest BCUT2D eigenvalue weighted by molar-refractivity contribution is 5.20. The third-order valence-corrected chi connectivity index (χ3v) is 1.94. The summed E-state index contributed by atoms with van der Waals surface area (Å²) in [6.45, 7) is 4.46. The molecule has 0 aliphatic carbocycles. The van der Waals surface area contributed by atoms with E-state index in [9.17, 15) is 0 Å². The van der Waals surface area contributed by atoms with Crippen LogP contribution in [0.15, 0.2) is 30.3 Å². The van der Waals surface area contributed by atoms with Crippen molar-refractivity contribution in [2.75, 3.05) is 7.11 Å². The van der Waals surface area contributed by atoms with Gasteiger partial charge in [0, 0.05) is 0 Å². The Morgan fingerprint density at radius 2 is 1.43 bits per heavy atom. The Kier molecular flexibility index (Phi) is 9.40. The lowest BCUT2D eigenvalue weighted by Gasteiger charge is -1.93. The SMILES string of the molecule is CCCCCC.COc1ccccc1. The largest absolute Gasteiger partial charge is 0.497 e. The van der Waals surface area contributed by atoms with Crippen molar-refractivity contribution in [2.24, 2.45) is 0 Å². The van der Waals surface area contributed by atoms with Crippen molar-refractivity contribution in [3.05, 3.63) is 30.3 Å². The molecule has 0 amide bonds. The number of ether oxygens (including phenoxy) is 1. The van der Waals surface area contributed by atoms with Gasteiger partial charge in [0.1, 0.15) is 5.75 Å². The van der Waals surface area contributed by atoms with Gasteiger partial charge < -0.3 is 4.74 Å². The molecule has 0 atom stereocenters. The van der Waals surface area contributed by atoms with E-state index in [2.05, 4.69) is 13.8 Å². The molecule has 1 aromatic rings. The fourth-order valence-electron chi connectivity index (χ4n) is 1.06. The minimum atomic E-state index is 0.910. The summed E-state index contributed by atoms with van der Waals surface area (Å²) in [4.78, 5) is 0. The zero-order chi connectivity index (χ0) is 10.6. The maximum absolute atomic E-state index is 4.91. The minimum Gasteiger partial charge on any atom is -0.497 e. The van der Waals surface area contributed by atoms with E-state index in [0.717, 1.165) is 5.75 Å². The summed E-state index contributed by atoms with van der Waals surface area (Å²) < 4.78 is 4.91. The predicted molar refractivity (Wildman–Crippen MR) is 62.8 cm³/mol. The highest BCUT2D eigenvalue weighted by Crippen LogP contribution is 2.05. The molecule has 0 saturated carbocycles. The molecular weight excluding hydrogens is 172 g/mol. The average molecular weight is 194 g/mol. The van der Waals surface area contributed by atoms with Crippen LogP contribution in [0.4, 0.5) is 0 Å². The number of unbranched alkanes of at least 4 members (excludes halogenated alkanes) is 3. The van der Waals surface area contributed by atoms with Gasteiger partial charge in [-0.1, -0.05) is 57.7 Å². The summed E-state index contributed by atoms with van der Waals surface area (Å²) in [5.74, 6) is 0.910. The molecule has 1 aromatic carbocycles. The Morgan fingerprint density at radius 3 is 1.71 bits per heavy atom. The van der Waals surface area contributed by atoms with E-state index in [0.29, 0.717) is 0 Å². The van der Waals surface area contributed by atoms with E-state index < -0.39 is 0 Å². The average Bonchev–Trinajstić information content (AvgIpc) is 2.28. The maximum atomic E-state index is 4.91. The lowest BCUT2D eigenvalue weighted by molar-refractivity contribution is 0.415. The Hall–Kier alpha value is -0.980. The Labute approximate surface area is 88.1 Å². The lowest BCUT2D eigenvalue weighted by atomic mass is 10.2. The first-order valence-corrected chi connectivity index (χ1v) is 5.44. The number of hydrogen-bond acceptors (Lipinski definition) is 1. The summed E-state index contributed by atoms with van der Waals surface area (Å²) in [5.41, 5.74) is 0. The molecule has 14 heavy (non-hydrogen) atoms. The van der Waals surface area contributed by atoms with Gasteiger partial charge in [0.25, 0.3) is 0 Å². The molecular formula is C13H22O. The number of para-hydroxylation sites is 1. The van der Waals surface area contributed by atoms with Gasteiger partial charge >= 0.3 is 0 Å². The molecule has 1 heteroatoms. The molecule has 0 spiro atoms. The second-order valence-electron chi connectivity index (χ2n) is 3.22. The second-order valence-corrected chi connectivity index (χ2v) is 3.22. The van der Waals surface area contributed by atoms with Crippen LogP contribution < -0.4 is 4.74 Å². The van der Waals surface area contributed by atoms with Crippen molar-refractivity contribution in [1.29, 1.82) is 0 Å². The fourth-order valence-corrected chi connectivity index (χ4v) is 1.06. The minimum absolute atomic E-state index is 0.910. The van der Waals surface area contributed by atoms with Crippen molar-refractivity contribution in [2.45, 2.75) is 39.5 Å². The Bertz CT molecular complexity index is 190. The van der Waals surface area contributed by atoms with Crippen LogP contribution >= 0.6 is 0 Å². The predicted octanol–water partition coefficient (Wildman–Crippen LogP) is 4.28. The van der Waals surface area contributed by atoms with E-state index in [1.165, 1.54) is 25.7 Å². The second kappa shape index (κ2) is 10.1. The van der Waals surface area contributed by atoms with Crippen molar-refractivity contribution in [3.8, 4) is 5.75 Å². The number of rotatable bonds is 4. The van der Waals surface area contributed by atoms with Gasteiger partial charge in [0.15, 0.2) is 0 Å². The van der Waals surface area contributed by atoms with Crippen LogP contribution in [-0.2, 0) is 0 Å². The van der Waals surface area contributed by atoms with Crippen molar-refractivity contribution < 1.29 is 4.74 Å². The van der Waals surface area contributed by atoms with Gasteiger partial charge in [0.05, 0.1) is 7.11 Å². The highest BCUT2D eigenvalue weighted by Gasteiger charge is 1.80. The molecule has 0 radical (unpaired) electrons. The lowest BCUT2D eigenvalue weighted by Crippen LogP contribution is -1.78. The molecule has 80 valence electrons. The first-order chi connectivity index (χ1) is 6.85. The molecule has 1 rings (SSSR count). The van der Waals surface area contributed by atoms with E-state index in [4.69, 9.17) is 4.74 Å². The molecule has 0 aliphatic rings. The quantitative estimate of drug-likeness (QED) is 0.650. The van der Waals surface area contributed by atoms with Gasteiger partial charge in [-0.2, -0.15) is 0 Å². The summed E-state index contributed by atoms with van der Waals surface area (Å²) >= 11 is 0. The van der Waals surface area contributed by atoms with Crippen LogP contribution in [0.25, 0.3) is 0 Å². The first-order valence-electron chi connectivity index (χ1n) is 5.44. The topological polar surface area (TPSA) is 9.23 Å². The van der Waals surface area contributed by atoms with Gasteiger partial charge in [-0.15, -0.1) is 0 Å². The van der Waals surface area contributed by atoms with Crippen LogP contribution in [0.5, 0.6) is 5.75 Å². The first kappa shape index (κ1) is 13.0. The smallest absolute Gasteiger partial charge is 0.118 e. The summed E-state index contributed by atoms with van der Waals surface area (Å²) in [6.07, 6.45) is 5.54. The standard InChI is InChI=1S/C7H8O.C6H14/c1-8-7-5-3-2-4-6-7;1-3-5-6-4-2/h2-6H,1H3;3-6H2,1-2H3. The zero-order valence-corrected chi connectivity index (χ0v) is 9.62. The Morgan fingerprint density at radius 1 is 0.929 bits per heavy atom. The van der Waals surface area contributed by atoms with E-state index >= 15 is 0 Å². The van der Waals surface area contributed by atoms with Crippen molar-refractivity contribution in [3.63, 3.8) is 0 Å². The van der Waals surface area contributed by atoms with E-state index in [-0.39, 0.29) is 0 Å². The summed E-state index contributed by atoms with van der Waals surface area (Å²) in [6, 6.07) is 9.68. The van der Waals surface area contributed by atoms with Crippen LogP contribution in [0.2, 0.25) is 0 Å². The van der Waals surface area contributed by atoms with Crippen LogP contribution in [-0.4, -0.2) is 7.11 Å². The molecule has 0 saturated heterocycles. The van der Waals surface area contributed by atoms with Crippen molar-refractivity contribution in [1.82, 2.24) is 0 Å². The molecule has 0 unspecified atom stereocenters. The normalized spacial score (nSPS) is 8.79. The van der Waals surface area contributed by atoms with Gasteiger partial charge in [-0.05, 0) is 12.1 Å².